The highest BCUT2D eigenvalue weighted by molar-refractivity contribution is 9.10. The number of aryl methyl sites for hydroxylation is 1. The summed E-state index contributed by atoms with van der Waals surface area (Å²) in [6, 6.07) is 16.3. The van der Waals surface area contributed by atoms with Gasteiger partial charge in [-0.25, -0.2) is 0 Å². The van der Waals surface area contributed by atoms with Crippen molar-refractivity contribution in [2.24, 2.45) is 12.0 Å². The summed E-state index contributed by atoms with van der Waals surface area (Å²) in [7, 11) is 1.91. The number of thioether (sulfide) groups is 1. The van der Waals surface area contributed by atoms with Crippen LogP contribution in [0.3, 0.4) is 0 Å². The van der Waals surface area contributed by atoms with Crippen molar-refractivity contribution >= 4 is 66.7 Å². The van der Waals surface area contributed by atoms with Crippen LogP contribution in [0.15, 0.2) is 58.0 Å². The molecule has 1 aromatic heterocycles. The molecule has 0 spiro atoms. The van der Waals surface area contributed by atoms with Crippen molar-refractivity contribution < 1.29 is 9.59 Å². The van der Waals surface area contributed by atoms with E-state index < -0.39 is 0 Å². The fraction of sp³-hybridized carbons (Fsp3) is 0.318. The molecule has 162 valence electrons. The van der Waals surface area contributed by atoms with Crippen LogP contribution in [0.5, 0.6) is 0 Å². The van der Waals surface area contributed by atoms with Gasteiger partial charge in [0.25, 0.3) is 5.91 Å². The van der Waals surface area contributed by atoms with Crippen LogP contribution in [0.4, 0.5) is 5.69 Å². The zero-order valence-corrected chi connectivity index (χ0v) is 20.4. The minimum Gasteiger partial charge on any atom is -0.368 e. The number of halogens is 1. The SMILES string of the molecule is Cn1c(=NC(=O)CSCC(=O)N2CCN(c3ccccc3)CC2)sc2cc(Br)ccc21. The fourth-order valence-electron chi connectivity index (χ4n) is 3.52. The molecule has 31 heavy (non-hydrogen) atoms. The van der Waals surface area contributed by atoms with Gasteiger partial charge in [0.05, 0.1) is 21.7 Å². The normalized spacial score (nSPS) is 15.0. The molecule has 1 aliphatic heterocycles. The van der Waals surface area contributed by atoms with Crippen molar-refractivity contribution in [3.05, 3.63) is 57.8 Å². The number of fused-ring (bicyclic) bond motifs is 1. The van der Waals surface area contributed by atoms with Crippen LogP contribution in [0.1, 0.15) is 0 Å². The predicted octanol–water partition coefficient (Wildman–Crippen LogP) is 3.51. The van der Waals surface area contributed by atoms with Crippen molar-refractivity contribution in [2.75, 3.05) is 42.6 Å². The van der Waals surface area contributed by atoms with Crippen LogP contribution in [0.25, 0.3) is 10.2 Å². The lowest BCUT2D eigenvalue weighted by atomic mass is 10.2. The van der Waals surface area contributed by atoms with E-state index in [1.807, 2.05) is 52.9 Å². The highest BCUT2D eigenvalue weighted by Gasteiger charge is 2.21. The smallest absolute Gasteiger partial charge is 0.258 e. The Morgan fingerprint density at radius 2 is 1.81 bits per heavy atom. The second-order valence-corrected chi connectivity index (χ2v) is 10.2. The molecule has 2 heterocycles. The molecule has 1 fully saturated rings. The van der Waals surface area contributed by atoms with Gasteiger partial charge in [-0.1, -0.05) is 45.5 Å². The first-order chi connectivity index (χ1) is 15.0. The first kappa shape index (κ1) is 22.1. The molecule has 0 radical (unpaired) electrons. The van der Waals surface area contributed by atoms with E-state index in [4.69, 9.17) is 0 Å². The fourth-order valence-corrected chi connectivity index (χ4v) is 5.81. The summed E-state index contributed by atoms with van der Waals surface area (Å²) in [6.45, 7) is 3.07. The maximum Gasteiger partial charge on any atom is 0.258 e. The van der Waals surface area contributed by atoms with E-state index in [1.165, 1.54) is 28.8 Å². The summed E-state index contributed by atoms with van der Waals surface area (Å²) >= 11 is 6.29. The minimum atomic E-state index is -0.215. The van der Waals surface area contributed by atoms with Crippen LogP contribution in [0.2, 0.25) is 0 Å². The molecule has 2 amide bonds. The highest BCUT2D eigenvalue weighted by Crippen LogP contribution is 2.21. The standard InChI is InChI=1S/C22H23BrN4O2S2/c1-25-18-8-7-16(23)13-19(18)31-22(25)24-20(28)14-30-15-21(29)27-11-9-26(10-12-27)17-5-3-2-4-6-17/h2-8,13H,9-12,14-15H2,1H3. The first-order valence-corrected chi connectivity index (χ1v) is 12.8. The first-order valence-electron chi connectivity index (χ1n) is 9.99. The summed E-state index contributed by atoms with van der Waals surface area (Å²) in [5.41, 5.74) is 2.23. The number of nitrogens with zero attached hydrogens (tertiary/aromatic N) is 4. The molecule has 1 saturated heterocycles. The van der Waals surface area contributed by atoms with Crippen molar-refractivity contribution in [3.63, 3.8) is 0 Å². The zero-order valence-electron chi connectivity index (χ0n) is 17.2. The lowest BCUT2D eigenvalue weighted by Gasteiger charge is -2.36. The van der Waals surface area contributed by atoms with Gasteiger partial charge in [0.1, 0.15) is 0 Å². The van der Waals surface area contributed by atoms with Crippen molar-refractivity contribution in [3.8, 4) is 0 Å². The number of piperazine rings is 1. The number of carbonyl (C=O) groups excluding carboxylic acids is 2. The number of amides is 2. The Morgan fingerprint density at radius 3 is 2.55 bits per heavy atom. The molecule has 0 saturated carbocycles. The number of hydrogen-bond donors (Lipinski definition) is 0. The average molecular weight is 519 g/mol. The van der Waals surface area contributed by atoms with E-state index >= 15 is 0 Å². The summed E-state index contributed by atoms with van der Waals surface area (Å²) in [5.74, 6) is 0.377. The van der Waals surface area contributed by atoms with Gasteiger partial charge in [-0.2, -0.15) is 4.99 Å². The molecule has 0 unspecified atom stereocenters. The molecular formula is C22H23BrN4O2S2. The largest absolute Gasteiger partial charge is 0.368 e. The second kappa shape index (κ2) is 10.0. The summed E-state index contributed by atoms with van der Waals surface area (Å²) in [4.78, 5) is 34.0. The number of aromatic nitrogens is 1. The number of rotatable bonds is 5. The van der Waals surface area contributed by atoms with Gasteiger partial charge >= 0.3 is 0 Å². The number of hydrogen-bond acceptors (Lipinski definition) is 5. The minimum absolute atomic E-state index is 0.0859. The summed E-state index contributed by atoms with van der Waals surface area (Å²) < 4.78 is 3.99. The molecule has 3 aromatic rings. The van der Waals surface area contributed by atoms with Crippen LogP contribution in [0, 0.1) is 0 Å². The van der Waals surface area contributed by atoms with E-state index in [0.717, 1.165) is 27.8 Å². The van der Waals surface area contributed by atoms with Gasteiger partial charge in [-0.15, -0.1) is 11.8 Å². The Bertz CT molecular complexity index is 1150. The molecule has 1 aliphatic rings. The lowest BCUT2D eigenvalue weighted by Crippen LogP contribution is -2.49. The summed E-state index contributed by atoms with van der Waals surface area (Å²) in [6.07, 6.45) is 0. The third-order valence-corrected chi connectivity index (χ3v) is 7.69. The predicted molar refractivity (Wildman–Crippen MR) is 132 cm³/mol. The number of para-hydroxylation sites is 1. The molecule has 0 atom stereocenters. The Hall–Kier alpha value is -2.10. The molecule has 6 nitrogen and oxygen atoms in total. The average Bonchev–Trinajstić information content (AvgIpc) is 3.08. The molecule has 0 N–H and O–H groups in total. The third-order valence-electron chi connectivity index (χ3n) is 5.20. The van der Waals surface area contributed by atoms with Crippen molar-refractivity contribution in [2.45, 2.75) is 0 Å². The quantitative estimate of drug-likeness (QED) is 0.518. The zero-order chi connectivity index (χ0) is 21.8. The van der Waals surface area contributed by atoms with Crippen LogP contribution in [-0.4, -0.2) is 59.0 Å². The molecule has 9 heteroatoms. The van der Waals surface area contributed by atoms with E-state index in [9.17, 15) is 9.59 Å². The van der Waals surface area contributed by atoms with E-state index in [1.54, 1.807) is 0 Å². The number of carbonyl (C=O) groups is 2. The Morgan fingerprint density at radius 1 is 1.06 bits per heavy atom. The van der Waals surface area contributed by atoms with Gasteiger partial charge < -0.3 is 14.4 Å². The topological polar surface area (TPSA) is 57.9 Å². The summed E-state index contributed by atoms with van der Waals surface area (Å²) in [5, 5.41) is 0. The van der Waals surface area contributed by atoms with E-state index in [0.29, 0.717) is 23.6 Å². The van der Waals surface area contributed by atoms with Gasteiger partial charge in [-0.05, 0) is 30.3 Å². The Kier molecular flexibility index (Phi) is 7.14. The van der Waals surface area contributed by atoms with Gasteiger partial charge in [0.2, 0.25) is 5.91 Å². The molecule has 0 bridgehead atoms. The molecule has 4 rings (SSSR count). The Labute approximate surface area is 197 Å². The third kappa shape index (κ3) is 5.39. The highest BCUT2D eigenvalue weighted by atomic mass is 79.9. The maximum absolute atomic E-state index is 12.5. The lowest BCUT2D eigenvalue weighted by molar-refractivity contribution is -0.128. The monoisotopic (exact) mass is 518 g/mol. The van der Waals surface area contributed by atoms with Crippen LogP contribution in [-0.2, 0) is 16.6 Å². The van der Waals surface area contributed by atoms with Gasteiger partial charge in [-0.3, -0.25) is 9.59 Å². The number of thiazole rings is 1. The number of benzene rings is 2. The van der Waals surface area contributed by atoms with E-state index in [2.05, 4.69) is 38.0 Å². The van der Waals surface area contributed by atoms with Crippen molar-refractivity contribution in [1.82, 2.24) is 9.47 Å². The van der Waals surface area contributed by atoms with E-state index in [-0.39, 0.29) is 17.6 Å². The van der Waals surface area contributed by atoms with Crippen molar-refractivity contribution in [1.29, 1.82) is 0 Å². The maximum atomic E-state index is 12.5. The van der Waals surface area contributed by atoms with Crippen LogP contribution >= 0.6 is 39.0 Å². The molecule has 0 aliphatic carbocycles. The Balaban J connectivity index is 1.27. The second-order valence-electron chi connectivity index (χ2n) is 7.26. The molecule has 2 aromatic carbocycles. The van der Waals surface area contributed by atoms with Gasteiger partial charge in [0, 0.05) is 43.4 Å². The van der Waals surface area contributed by atoms with Gasteiger partial charge in [0.15, 0.2) is 4.80 Å². The van der Waals surface area contributed by atoms with Crippen LogP contribution < -0.4 is 9.70 Å². The molecular weight excluding hydrogens is 496 g/mol. The number of anilines is 1.